The lowest BCUT2D eigenvalue weighted by atomic mass is 10.2. The summed E-state index contributed by atoms with van der Waals surface area (Å²) in [5.41, 5.74) is 0.105. The number of aromatic hydroxyl groups is 1. The Morgan fingerprint density at radius 1 is 1.22 bits per heavy atom. The summed E-state index contributed by atoms with van der Waals surface area (Å²) in [6, 6.07) is 4.24. The van der Waals surface area contributed by atoms with E-state index >= 15 is 0 Å². The lowest BCUT2D eigenvalue weighted by Gasteiger charge is -2.26. The number of piperidine rings is 1. The number of phenols is 1. The molecular formula is C11H15ClN2O3S. The normalized spacial score (nSPS) is 17.6. The van der Waals surface area contributed by atoms with E-state index in [2.05, 4.69) is 4.72 Å². The van der Waals surface area contributed by atoms with Crippen molar-refractivity contribution in [2.75, 3.05) is 17.8 Å². The fourth-order valence-corrected chi connectivity index (χ4v) is 3.38. The zero-order valence-corrected chi connectivity index (χ0v) is 11.3. The zero-order chi connectivity index (χ0) is 13.2. The molecule has 2 N–H and O–H groups in total. The highest BCUT2D eigenvalue weighted by molar-refractivity contribution is 7.90. The molecule has 2 rings (SSSR count). The summed E-state index contributed by atoms with van der Waals surface area (Å²) in [5, 5.41) is 9.96. The van der Waals surface area contributed by atoms with Crippen LogP contribution in [0.3, 0.4) is 0 Å². The van der Waals surface area contributed by atoms with Crippen LogP contribution >= 0.6 is 11.6 Å². The van der Waals surface area contributed by atoms with Gasteiger partial charge in [0.2, 0.25) is 0 Å². The molecule has 0 bridgehead atoms. The summed E-state index contributed by atoms with van der Waals surface area (Å²) < 4.78 is 27.9. The van der Waals surface area contributed by atoms with Gasteiger partial charge in [-0.15, -0.1) is 0 Å². The van der Waals surface area contributed by atoms with E-state index in [1.54, 1.807) is 0 Å². The van der Waals surface area contributed by atoms with Crippen molar-refractivity contribution >= 4 is 27.5 Å². The van der Waals surface area contributed by atoms with Gasteiger partial charge in [-0.2, -0.15) is 12.7 Å². The second kappa shape index (κ2) is 5.34. The molecule has 0 saturated carbocycles. The summed E-state index contributed by atoms with van der Waals surface area (Å²) in [6.45, 7) is 1.02. The van der Waals surface area contributed by atoms with E-state index in [1.165, 1.54) is 22.5 Å². The van der Waals surface area contributed by atoms with Crippen LogP contribution in [0.25, 0.3) is 0 Å². The van der Waals surface area contributed by atoms with Crippen LogP contribution in [0.5, 0.6) is 5.75 Å². The largest absolute Gasteiger partial charge is 0.506 e. The van der Waals surface area contributed by atoms with Crippen molar-refractivity contribution in [2.45, 2.75) is 19.3 Å². The Bertz CT molecular complexity index is 527. The van der Waals surface area contributed by atoms with Gasteiger partial charge in [-0.05, 0) is 31.0 Å². The monoisotopic (exact) mass is 290 g/mol. The maximum Gasteiger partial charge on any atom is 0.301 e. The summed E-state index contributed by atoms with van der Waals surface area (Å²) in [6.07, 6.45) is 2.78. The van der Waals surface area contributed by atoms with E-state index in [0.29, 0.717) is 18.1 Å². The third-order valence-electron chi connectivity index (χ3n) is 2.85. The third kappa shape index (κ3) is 3.07. The highest BCUT2D eigenvalue weighted by Crippen LogP contribution is 2.28. The van der Waals surface area contributed by atoms with Crippen LogP contribution in [0.15, 0.2) is 18.2 Å². The number of nitrogens with one attached hydrogen (secondary N) is 1. The van der Waals surface area contributed by atoms with Crippen LogP contribution in [0.4, 0.5) is 5.69 Å². The predicted molar refractivity (Wildman–Crippen MR) is 71.1 cm³/mol. The number of phenolic OH excluding ortho intramolecular Hbond substituents is 1. The Kier molecular flexibility index (Phi) is 3.99. The average molecular weight is 291 g/mol. The molecule has 1 aliphatic rings. The fraction of sp³-hybridized carbons (Fsp3) is 0.455. The van der Waals surface area contributed by atoms with Gasteiger partial charge in [-0.25, -0.2) is 0 Å². The Morgan fingerprint density at radius 3 is 2.56 bits per heavy atom. The van der Waals surface area contributed by atoms with E-state index < -0.39 is 10.2 Å². The maximum atomic E-state index is 12.1. The zero-order valence-electron chi connectivity index (χ0n) is 9.76. The van der Waals surface area contributed by atoms with Gasteiger partial charge in [0, 0.05) is 18.1 Å². The summed E-state index contributed by atoms with van der Waals surface area (Å²) in [4.78, 5) is 0. The van der Waals surface area contributed by atoms with Crippen LogP contribution in [-0.4, -0.2) is 30.9 Å². The molecule has 7 heteroatoms. The smallest absolute Gasteiger partial charge is 0.301 e. The number of hydrogen-bond donors (Lipinski definition) is 2. The molecule has 0 radical (unpaired) electrons. The average Bonchev–Trinajstić information content (AvgIpc) is 2.35. The first-order chi connectivity index (χ1) is 8.49. The molecule has 0 amide bonds. The van der Waals surface area contributed by atoms with Gasteiger partial charge in [-0.3, -0.25) is 4.72 Å². The van der Waals surface area contributed by atoms with Crippen LogP contribution in [-0.2, 0) is 10.2 Å². The van der Waals surface area contributed by atoms with Crippen molar-refractivity contribution in [3.63, 3.8) is 0 Å². The fourth-order valence-electron chi connectivity index (χ4n) is 1.90. The van der Waals surface area contributed by atoms with Gasteiger partial charge in [0.15, 0.2) is 0 Å². The number of halogens is 1. The van der Waals surface area contributed by atoms with Crippen molar-refractivity contribution in [1.29, 1.82) is 0 Å². The molecule has 0 aliphatic carbocycles. The van der Waals surface area contributed by atoms with Crippen molar-refractivity contribution < 1.29 is 13.5 Å². The van der Waals surface area contributed by atoms with Crippen molar-refractivity contribution in [2.24, 2.45) is 0 Å². The van der Waals surface area contributed by atoms with Gasteiger partial charge in [0.1, 0.15) is 5.75 Å². The standard InChI is InChI=1S/C11H15ClN2O3S/c12-9-4-5-11(15)10(8-9)13-18(16,17)14-6-2-1-3-7-14/h4-5,8,13,15H,1-3,6-7H2. The highest BCUT2D eigenvalue weighted by atomic mass is 35.5. The topological polar surface area (TPSA) is 69.6 Å². The first kappa shape index (κ1) is 13.5. The maximum absolute atomic E-state index is 12.1. The molecule has 5 nitrogen and oxygen atoms in total. The predicted octanol–water partition coefficient (Wildman–Crippen LogP) is 2.19. The number of anilines is 1. The summed E-state index contributed by atoms with van der Waals surface area (Å²) in [5.74, 6) is -0.139. The number of nitrogens with zero attached hydrogens (tertiary/aromatic N) is 1. The molecule has 100 valence electrons. The van der Waals surface area contributed by atoms with Crippen molar-refractivity contribution in [1.82, 2.24) is 4.31 Å². The van der Waals surface area contributed by atoms with Crippen LogP contribution in [0, 0.1) is 0 Å². The summed E-state index contributed by atoms with van der Waals surface area (Å²) >= 11 is 5.77. The highest BCUT2D eigenvalue weighted by Gasteiger charge is 2.24. The molecule has 1 aliphatic heterocycles. The Hall–Kier alpha value is -0.980. The Balaban J connectivity index is 2.18. The minimum Gasteiger partial charge on any atom is -0.506 e. The van der Waals surface area contributed by atoms with Gasteiger partial charge in [-0.1, -0.05) is 18.0 Å². The lowest BCUT2D eigenvalue weighted by Crippen LogP contribution is -2.39. The molecule has 1 heterocycles. The van der Waals surface area contributed by atoms with Gasteiger partial charge in [0.05, 0.1) is 5.69 Å². The molecule has 0 atom stereocenters. The van der Waals surface area contributed by atoms with E-state index in [9.17, 15) is 13.5 Å². The van der Waals surface area contributed by atoms with Crippen molar-refractivity contribution in [3.05, 3.63) is 23.2 Å². The van der Waals surface area contributed by atoms with Crippen LogP contribution in [0.2, 0.25) is 5.02 Å². The second-order valence-electron chi connectivity index (χ2n) is 4.23. The molecule has 1 fully saturated rings. The van der Waals surface area contributed by atoms with Crippen molar-refractivity contribution in [3.8, 4) is 5.75 Å². The summed E-state index contributed by atoms with van der Waals surface area (Å²) in [7, 11) is -3.61. The first-order valence-electron chi connectivity index (χ1n) is 5.75. The Morgan fingerprint density at radius 2 is 1.89 bits per heavy atom. The van der Waals surface area contributed by atoms with Crippen LogP contribution < -0.4 is 4.72 Å². The molecule has 0 unspecified atom stereocenters. The lowest BCUT2D eigenvalue weighted by molar-refractivity contribution is 0.349. The molecule has 0 aromatic heterocycles. The molecule has 1 aromatic rings. The minimum atomic E-state index is -3.61. The molecule has 1 saturated heterocycles. The molecule has 18 heavy (non-hydrogen) atoms. The second-order valence-corrected chi connectivity index (χ2v) is 6.34. The van der Waals surface area contributed by atoms with E-state index in [1.807, 2.05) is 0 Å². The molecule has 1 aromatic carbocycles. The number of hydrogen-bond acceptors (Lipinski definition) is 3. The van der Waals surface area contributed by atoms with E-state index in [-0.39, 0.29) is 11.4 Å². The van der Waals surface area contributed by atoms with E-state index in [4.69, 9.17) is 11.6 Å². The molecular weight excluding hydrogens is 276 g/mol. The quantitative estimate of drug-likeness (QED) is 0.839. The SMILES string of the molecule is O=S(=O)(Nc1cc(Cl)ccc1O)N1CCCCC1. The van der Waals surface area contributed by atoms with Gasteiger partial charge in [0.25, 0.3) is 0 Å². The van der Waals surface area contributed by atoms with Crippen LogP contribution in [0.1, 0.15) is 19.3 Å². The number of benzene rings is 1. The molecule has 0 spiro atoms. The third-order valence-corrected chi connectivity index (χ3v) is 4.61. The minimum absolute atomic E-state index is 0.105. The first-order valence-corrected chi connectivity index (χ1v) is 7.57. The van der Waals surface area contributed by atoms with Gasteiger partial charge >= 0.3 is 10.2 Å². The number of rotatable bonds is 3. The van der Waals surface area contributed by atoms with E-state index in [0.717, 1.165) is 19.3 Å². The van der Waals surface area contributed by atoms with Gasteiger partial charge < -0.3 is 5.11 Å². The Labute approximate surface area is 112 Å².